The van der Waals surface area contributed by atoms with Crippen molar-refractivity contribution in [3.05, 3.63) is 87.4 Å². The van der Waals surface area contributed by atoms with Crippen LogP contribution in [0.3, 0.4) is 0 Å². The molecule has 0 saturated heterocycles. The summed E-state index contributed by atoms with van der Waals surface area (Å²) in [5.41, 5.74) is -3.87. The van der Waals surface area contributed by atoms with Gasteiger partial charge >= 0.3 is 12.4 Å². The van der Waals surface area contributed by atoms with E-state index in [1.807, 2.05) is 0 Å². The molecule has 152 valence electrons. The number of halogens is 6. The maximum atomic E-state index is 13.7. The molecule has 0 aliphatic rings. The zero-order chi connectivity index (χ0) is 21.3. The molecule has 3 aromatic rings. The van der Waals surface area contributed by atoms with Gasteiger partial charge in [-0.1, -0.05) is 48.5 Å². The first-order valence-electron chi connectivity index (χ1n) is 8.18. The highest BCUT2D eigenvalue weighted by atomic mass is 32.1. The summed E-state index contributed by atoms with van der Waals surface area (Å²) in [5, 5.41) is 11.3. The van der Waals surface area contributed by atoms with E-state index in [0.29, 0.717) is 16.9 Å². The number of aromatic nitrogens is 1. The van der Waals surface area contributed by atoms with Crippen LogP contribution in [0.25, 0.3) is 12.2 Å². The monoisotopic (exact) mass is 429 g/mol. The zero-order valence-electron chi connectivity index (χ0n) is 14.5. The van der Waals surface area contributed by atoms with Crippen molar-refractivity contribution in [3.63, 3.8) is 0 Å². The molecule has 9 heteroatoms. The Balaban J connectivity index is 1.88. The van der Waals surface area contributed by atoms with Crippen LogP contribution in [0.2, 0.25) is 0 Å². The second-order valence-electron chi connectivity index (χ2n) is 6.10. The van der Waals surface area contributed by atoms with Crippen LogP contribution in [-0.2, 0) is 11.8 Å². The molecule has 0 fully saturated rings. The van der Waals surface area contributed by atoms with Crippen LogP contribution < -0.4 is 0 Å². The topological polar surface area (TPSA) is 33.1 Å². The first-order valence-corrected chi connectivity index (χ1v) is 9.06. The molecular formula is C20H13F6NOS. The number of hydrogen-bond acceptors (Lipinski definition) is 3. The second kappa shape index (κ2) is 7.64. The Bertz CT molecular complexity index is 992. The van der Waals surface area contributed by atoms with E-state index in [1.54, 1.807) is 0 Å². The van der Waals surface area contributed by atoms with Crippen molar-refractivity contribution in [1.82, 2.24) is 4.98 Å². The molecule has 2 nitrogen and oxygen atoms in total. The van der Waals surface area contributed by atoms with E-state index in [4.69, 9.17) is 0 Å². The van der Waals surface area contributed by atoms with Crippen molar-refractivity contribution in [2.45, 2.75) is 18.0 Å². The summed E-state index contributed by atoms with van der Waals surface area (Å²) in [7, 11) is 0. The molecule has 0 saturated carbocycles. The van der Waals surface area contributed by atoms with Gasteiger partial charge in [0, 0.05) is 5.38 Å². The van der Waals surface area contributed by atoms with Crippen molar-refractivity contribution >= 4 is 23.5 Å². The lowest BCUT2D eigenvalue weighted by molar-refractivity contribution is -0.248. The molecule has 0 bridgehead atoms. The molecule has 3 rings (SSSR count). The van der Waals surface area contributed by atoms with Crippen LogP contribution in [0.4, 0.5) is 26.3 Å². The Hall–Kier alpha value is -2.65. The first-order chi connectivity index (χ1) is 13.5. The van der Waals surface area contributed by atoms with Gasteiger partial charge in [0.1, 0.15) is 5.01 Å². The predicted octanol–water partition coefficient (Wildman–Crippen LogP) is 6.13. The molecule has 0 amide bonds. The lowest BCUT2D eigenvalue weighted by atomic mass is 9.94. The average Bonchev–Trinajstić information content (AvgIpc) is 3.14. The molecule has 1 unspecified atom stereocenters. The third kappa shape index (κ3) is 4.35. The van der Waals surface area contributed by atoms with Gasteiger partial charge in [0.15, 0.2) is 0 Å². The highest BCUT2D eigenvalue weighted by molar-refractivity contribution is 7.10. The van der Waals surface area contributed by atoms with Crippen LogP contribution in [0, 0.1) is 0 Å². The zero-order valence-corrected chi connectivity index (χ0v) is 15.3. The second-order valence-corrected chi connectivity index (χ2v) is 6.96. The predicted molar refractivity (Wildman–Crippen MR) is 98.0 cm³/mol. The van der Waals surface area contributed by atoms with Gasteiger partial charge < -0.3 is 5.11 Å². The minimum absolute atomic E-state index is 0.142. The van der Waals surface area contributed by atoms with Crippen LogP contribution in [0.15, 0.2) is 60.0 Å². The normalized spacial score (nSPS) is 14.9. The minimum Gasteiger partial charge on any atom is -0.370 e. The summed E-state index contributed by atoms with van der Waals surface area (Å²) >= 11 is 0.638. The summed E-state index contributed by atoms with van der Waals surface area (Å²) in [6.07, 6.45) is -6.66. The SMILES string of the molecule is OC(c1ccccc1)(c1nc(/C=C/c2ccc(C(F)(F)F)cc2)cs1)C(F)(F)F. The van der Waals surface area contributed by atoms with Gasteiger partial charge in [-0.05, 0) is 29.3 Å². The van der Waals surface area contributed by atoms with E-state index in [0.717, 1.165) is 24.3 Å². The maximum absolute atomic E-state index is 13.7. The Kier molecular flexibility index (Phi) is 5.55. The molecule has 0 aliphatic heterocycles. The molecule has 29 heavy (non-hydrogen) atoms. The van der Waals surface area contributed by atoms with Gasteiger partial charge in [0.25, 0.3) is 0 Å². The van der Waals surface area contributed by atoms with Gasteiger partial charge in [-0.2, -0.15) is 26.3 Å². The van der Waals surface area contributed by atoms with Crippen molar-refractivity contribution in [2.75, 3.05) is 0 Å². The summed E-state index contributed by atoms with van der Waals surface area (Å²) in [5.74, 6) is 0. The lowest BCUT2D eigenvalue weighted by Crippen LogP contribution is -2.43. The summed E-state index contributed by atoms with van der Waals surface area (Å²) < 4.78 is 78.8. The fourth-order valence-electron chi connectivity index (χ4n) is 2.58. The Morgan fingerprint density at radius 3 is 1.97 bits per heavy atom. The average molecular weight is 429 g/mol. The van der Waals surface area contributed by atoms with E-state index in [1.165, 1.54) is 47.9 Å². The van der Waals surface area contributed by atoms with Crippen molar-refractivity contribution < 1.29 is 31.4 Å². The fraction of sp³-hybridized carbons (Fsp3) is 0.150. The van der Waals surface area contributed by atoms with Gasteiger partial charge in [-0.15, -0.1) is 11.3 Å². The van der Waals surface area contributed by atoms with Crippen LogP contribution in [-0.4, -0.2) is 16.3 Å². The molecule has 1 N–H and O–H groups in total. The molecule has 0 aliphatic carbocycles. The van der Waals surface area contributed by atoms with Crippen molar-refractivity contribution in [1.29, 1.82) is 0 Å². The standard InChI is InChI=1S/C20H13F6NOS/c21-19(22,23)15-9-6-13(7-10-15)8-11-16-12-29-17(27-16)18(28,20(24,25)26)14-4-2-1-3-5-14/h1-12,28H/b11-8+. The fourth-order valence-corrected chi connectivity index (χ4v) is 3.51. The van der Waals surface area contributed by atoms with Crippen molar-refractivity contribution in [3.8, 4) is 0 Å². The van der Waals surface area contributed by atoms with Gasteiger partial charge in [-0.3, -0.25) is 0 Å². The molecule has 2 aromatic carbocycles. The summed E-state index contributed by atoms with van der Waals surface area (Å²) in [4.78, 5) is 3.88. The largest absolute Gasteiger partial charge is 0.428 e. The van der Waals surface area contributed by atoms with E-state index in [9.17, 15) is 31.4 Å². The summed E-state index contributed by atoms with van der Waals surface area (Å²) in [6.45, 7) is 0. The molecule has 0 spiro atoms. The number of aliphatic hydroxyl groups is 1. The number of nitrogens with zero attached hydrogens (tertiary/aromatic N) is 1. The number of thiazole rings is 1. The Morgan fingerprint density at radius 2 is 1.41 bits per heavy atom. The molecule has 0 radical (unpaired) electrons. The lowest BCUT2D eigenvalue weighted by Gasteiger charge is -2.28. The molecule has 1 heterocycles. The smallest absolute Gasteiger partial charge is 0.370 e. The quantitative estimate of drug-likeness (QED) is 0.506. The number of alkyl halides is 6. The van der Waals surface area contributed by atoms with Crippen molar-refractivity contribution in [2.24, 2.45) is 0 Å². The van der Waals surface area contributed by atoms with E-state index < -0.39 is 28.5 Å². The van der Waals surface area contributed by atoms with E-state index in [2.05, 4.69) is 4.98 Å². The van der Waals surface area contributed by atoms with Crippen LogP contribution in [0.5, 0.6) is 0 Å². The van der Waals surface area contributed by atoms with Crippen LogP contribution in [0.1, 0.15) is 27.4 Å². The number of benzene rings is 2. The third-order valence-electron chi connectivity index (χ3n) is 4.12. The number of rotatable bonds is 4. The highest BCUT2D eigenvalue weighted by Gasteiger charge is 2.58. The minimum atomic E-state index is -5.00. The first kappa shape index (κ1) is 21.1. The Morgan fingerprint density at radius 1 is 0.793 bits per heavy atom. The number of hydrogen-bond donors (Lipinski definition) is 1. The van der Waals surface area contributed by atoms with Gasteiger partial charge in [0.2, 0.25) is 5.60 Å². The van der Waals surface area contributed by atoms with E-state index in [-0.39, 0.29) is 11.3 Å². The third-order valence-corrected chi connectivity index (χ3v) is 5.09. The summed E-state index contributed by atoms with van der Waals surface area (Å²) in [6, 6.07) is 10.9. The molecular weight excluding hydrogens is 416 g/mol. The maximum Gasteiger partial charge on any atom is 0.428 e. The Labute approximate surface area is 165 Å². The highest BCUT2D eigenvalue weighted by Crippen LogP contribution is 2.45. The van der Waals surface area contributed by atoms with Crippen LogP contribution >= 0.6 is 11.3 Å². The molecule has 1 atom stereocenters. The van der Waals surface area contributed by atoms with Gasteiger partial charge in [0.05, 0.1) is 11.3 Å². The van der Waals surface area contributed by atoms with Gasteiger partial charge in [-0.25, -0.2) is 4.98 Å². The van der Waals surface area contributed by atoms with E-state index >= 15 is 0 Å². The molecule has 1 aromatic heterocycles.